The quantitative estimate of drug-likeness (QED) is 0.415. The number of nitrogens with one attached hydrogen (secondary N) is 1. The van der Waals surface area contributed by atoms with Crippen molar-refractivity contribution in [3.05, 3.63) is 72.4 Å². The average Bonchev–Trinajstić information content (AvgIpc) is 3.66. The van der Waals surface area contributed by atoms with Crippen molar-refractivity contribution in [3.8, 4) is 11.3 Å². The molecule has 1 aliphatic carbocycles. The maximum absolute atomic E-state index is 12.8. The van der Waals surface area contributed by atoms with E-state index in [-0.39, 0.29) is 17.7 Å². The normalized spacial score (nSPS) is 17.6. The summed E-state index contributed by atoms with van der Waals surface area (Å²) in [5.41, 5.74) is 9.15. The van der Waals surface area contributed by atoms with Gasteiger partial charge >= 0.3 is 0 Å². The second kappa shape index (κ2) is 9.65. The summed E-state index contributed by atoms with van der Waals surface area (Å²) in [7, 11) is 0. The van der Waals surface area contributed by atoms with E-state index >= 15 is 0 Å². The number of piperidine rings is 1. The van der Waals surface area contributed by atoms with Gasteiger partial charge in [0.15, 0.2) is 0 Å². The lowest BCUT2D eigenvalue weighted by Crippen LogP contribution is -2.39. The highest BCUT2D eigenvalue weighted by atomic mass is 16.2. The number of likely N-dealkylation sites (tertiary alicyclic amines) is 1. The number of fused-ring (bicyclic) bond motifs is 1. The first-order valence-electron chi connectivity index (χ1n) is 12.8. The Morgan fingerprint density at radius 2 is 1.86 bits per heavy atom. The molecule has 188 valence electrons. The third-order valence-corrected chi connectivity index (χ3v) is 7.24. The number of amides is 2. The van der Waals surface area contributed by atoms with E-state index in [1.807, 2.05) is 33.7 Å². The van der Waals surface area contributed by atoms with Crippen molar-refractivity contribution in [2.45, 2.75) is 38.0 Å². The van der Waals surface area contributed by atoms with E-state index in [0.29, 0.717) is 36.1 Å². The highest BCUT2D eigenvalue weighted by molar-refractivity contribution is 6.04. The molecule has 9 nitrogen and oxygen atoms in total. The number of aromatic nitrogens is 4. The van der Waals surface area contributed by atoms with Crippen molar-refractivity contribution in [1.29, 1.82) is 0 Å². The number of nitrogens with two attached hydrogens (primary N) is 1. The van der Waals surface area contributed by atoms with Gasteiger partial charge in [-0.3, -0.25) is 14.0 Å². The number of carbonyl (C=O) groups is 2. The fourth-order valence-electron chi connectivity index (χ4n) is 5.09. The van der Waals surface area contributed by atoms with Crippen LogP contribution in [-0.4, -0.2) is 49.2 Å². The van der Waals surface area contributed by atoms with Crippen LogP contribution in [0.2, 0.25) is 0 Å². The van der Waals surface area contributed by atoms with Gasteiger partial charge in [-0.15, -0.1) is 0 Å². The Bertz CT molecular complexity index is 1440. The number of benzene rings is 1. The van der Waals surface area contributed by atoms with Gasteiger partial charge in [-0.05, 0) is 55.9 Å². The fraction of sp³-hybridized carbons (Fsp3) is 0.321. The van der Waals surface area contributed by atoms with Gasteiger partial charge in [0, 0.05) is 55.1 Å². The second-order valence-corrected chi connectivity index (χ2v) is 9.92. The minimum absolute atomic E-state index is 0.114. The van der Waals surface area contributed by atoms with Crippen molar-refractivity contribution in [3.63, 3.8) is 0 Å². The van der Waals surface area contributed by atoms with Crippen molar-refractivity contribution >= 4 is 29.0 Å². The molecule has 1 saturated heterocycles. The molecule has 37 heavy (non-hydrogen) atoms. The molecule has 9 heteroatoms. The Hall–Kier alpha value is -4.27. The molecule has 0 radical (unpaired) electrons. The minimum atomic E-state index is -0.236. The standard InChI is InChI=1S/C28H29N7O2/c29-26-25-24(19-8-10-20(11-9-19)28(37)32-22-5-1-2-12-30-22)33-27(35(25)15-13-31-26)21-4-3-14-34(17-21)23(36)16-18-6-7-18/h1-2,5,8-13,15,18,21H,3-4,6-7,14,16-17H2,(H2,29,31)(H,30,32,37)/t21-/m1/s1. The van der Waals surface area contributed by atoms with E-state index in [2.05, 4.69) is 15.3 Å². The first-order chi connectivity index (χ1) is 18.1. The van der Waals surface area contributed by atoms with Gasteiger partial charge in [-0.2, -0.15) is 0 Å². The number of carbonyl (C=O) groups excluding carboxylic acids is 2. The topological polar surface area (TPSA) is 119 Å². The van der Waals surface area contributed by atoms with Gasteiger partial charge in [-0.25, -0.2) is 15.0 Å². The maximum Gasteiger partial charge on any atom is 0.256 e. The van der Waals surface area contributed by atoms with E-state index in [4.69, 9.17) is 10.7 Å². The summed E-state index contributed by atoms with van der Waals surface area (Å²) in [6.07, 6.45) is 10.1. The lowest BCUT2D eigenvalue weighted by Gasteiger charge is -2.32. The van der Waals surface area contributed by atoms with Crippen LogP contribution in [0.25, 0.3) is 16.8 Å². The number of rotatable bonds is 6. The third kappa shape index (κ3) is 4.76. The molecule has 6 rings (SSSR count). The smallest absolute Gasteiger partial charge is 0.256 e. The van der Waals surface area contributed by atoms with E-state index in [9.17, 15) is 9.59 Å². The zero-order chi connectivity index (χ0) is 25.4. The molecule has 1 saturated carbocycles. The monoisotopic (exact) mass is 495 g/mol. The maximum atomic E-state index is 12.8. The summed E-state index contributed by atoms with van der Waals surface area (Å²) in [5, 5.41) is 2.80. The SMILES string of the molecule is Nc1nccn2c([C@@H]3CCCN(C(=O)CC4CC4)C3)nc(-c3ccc(C(=O)Nc4ccccn4)cc3)c12. The molecular weight excluding hydrogens is 466 g/mol. The van der Waals surface area contributed by atoms with E-state index in [0.717, 1.165) is 42.0 Å². The number of hydrogen-bond acceptors (Lipinski definition) is 6. The zero-order valence-corrected chi connectivity index (χ0v) is 20.5. The predicted molar refractivity (Wildman–Crippen MR) is 141 cm³/mol. The van der Waals surface area contributed by atoms with Crippen LogP contribution in [-0.2, 0) is 4.79 Å². The molecule has 0 bridgehead atoms. The summed E-state index contributed by atoms with van der Waals surface area (Å²) in [4.78, 5) is 41.0. The van der Waals surface area contributed by atoms with Crippen LogP contribution in [0.3, 0.4) is 0 Å². The Balaban J connectivity index is 1.28. The van der Waals surface area contributed by atoms with Crippen LogP contribution in [0.4, 0.5) is 11.6 Å². The van der Waals surface area contributed by atoms with E-state index < -0.39 is 0 Å². The number of nitrogen functional groups attached to an aromatic ring is 1. The second-order valence-electron chi connectivity index (χ2n) is 9.92. The van der Waals surface area contributed by atoms with Crippen LogP contribution >= 0.6 is 0 Å². The fourth-order valence-corrected chi connectivity index (χ4v) is 5.09. The third-order valence-electron chi connectivity index (χ3n) is 7.24. The van der Waals surface area contributed by atoms with E-state index in [1.165, 1.54) is 12.8 Å². The number of nitrogens with zero attached hydrogens (tertiary/aromatic N) is 5. The molecule has 3 aromatic heterocycles. The Labute approximate surface area is 214 Å². The van der Waals surface area contributed by atoms with Gasteiger partial charge in [0.05, 0.1) is 0 Å². The first-order valence-corrected chi connectivity index (χ1v) is 12.8. The van der Waals surface area contributed by atoms with Crippen LogP contribution in [0.1, 0.15) is 54.2 Å². The zero-order valence-electron chi connectivity index (χ0n) is 20.5. The van der Waals surface area contributed by atoms with Gasteiger partial charge in [0.2, 0.25) is 5.91 Å². The highest BCUT2D eigenvalue weighted by Gasteiger charge is 2.32. The van der Waals surface area contributed by atoms with Gasteiger partial charge in [0.1, 0.15) is 28.7 Å². The number of hydrogen-bond donors (Lipinski definition) is 2. The number of imidazole rings is 1. The van der Waals surface area contributed by atoms with Gasteiger partial charge in [0.25, 0.3) is 5.91 Å². The Morgan fingerprint density at radius 1 is 1.03 bits per heavy atom. The van der Waals surface area contributed by atoms with Crippen molar-refractivity contribution in [2.75, 3.05) is 24.1 Å². The van der Waals surface area contributed by atoms with Crippen LogP contribution < -0.4 is 11.1 Å². The van der Waals surface area contributed by atoms with Crippen molar-refractivity contribution < 1.29 is 9.59 Å². The van der Waals surface area contributed by atoms with E-state index in [1.54, 1.807) is 36.7 Å². The van der Waals surface area contributed by atoms with Gasteiger partial charge in [-0.1, -0.05) is 18.2 Å². The van der Waals surface area contributed by atoms with Crippen molar-refractivity contribution in [2.24, 2.45) is 5.92 Å². The molecule has 1 aliphatic heterocycles. The molecule has 2 fully saturated rings. The molecule has 0 spiro atoms. The Kier molecular flexibility index (Phi) is 6.04. The molecule has 1 atom stereocenters. The lowest BCUT2D eigenvalue weighted by atomic mass is 9.96. The summed E-state index contributed by atoms with van der Waals surface area (Å²) >= 11 is 0. The molecular formula is C28H29N7O2. The van der Waals surface area contributed by atoms with Crippen LogP contribution in [0.15, 0.2) is 61.1 Å². The van der Waals surface area contributed by atoms with Crippen molar-refractivity contribution in [1.82, 2.24) is 24.3 Å². The number of anilines is 2. The van der Waals surface area contributed by atoms with Gasteiger partial charge < -0.3 is 16.0 Å². The summed E-state index contributed by atoms with van der Waals surface area (Å²) in [5.74, 6) is 2.49. The molecule has 2 aliphatic rings. The average molecular weight is 496 g/mol. The molecule has 2 amide bonds. The van der Waals surface area contributed by atoms with Crippen LogP contribution in [0, 0.1) is 5.92 Å². The molecule has 4 aromatic rings. The molecule has 3 N–H and O–H groups in total. The molecule has 0 unspecified atom stereocenters. The predicted octanol–water partition coefficient (Wildman–Crippen LogP) is 4.13. The lowest BCUT2D eigenvalue weighted by molar-refractivity contribution is -0.132. The first kappa shape index (κ1) is 23.1. The number of pyridine rings is 1. The highest BCUT2D eigenvalue weighted by Crippen LogP contribution is 2.36. The summed E-state index contributed by atoms with van der Waals surface area (Å²) in [6, 6.07) is 12.6. The van der Waals surface area contributed by atoms with Crippen LogP contribution in [0.5, 0.6) is 0 Å². The summed E-state index contributed by atoms with van der Waals surface area (Å²) < 4.78 is 2.01. The Morgan fingerprint density at radius 3 is 2.62 bits per heavy atom. The summed E-state index contributed by atoms with van der Waals surface area (Å²) in [6.45, 7) is 1.48. The minimum Gasteiger partial charge on any atom is -0.382 e. The molecule has 1 aromatic carbocycles. The largest absolute Gasteiger partial charge is 0.382 e. The molecule has 4 heterocycles.